The van der Waals surface area contributed by atoms with Crippen molar-refractivity contribution in [3.8, 4) is 10.8 Å². The summed E-state index contributed by atoms with van der Waals surface area (Å²) in [5, 5.41) is 8.60. The van der Waals surface area contributed by atoms with E-state index in [9.17, 15) is 0 Å². The molecule has 0 saturated carbocycles. The van der Waals surface area contributed by atoms with E-state index in [0.29, 0.717) is 18.4 Å². The highest BCUT2D eigenvalue weighted by Gasteiger charge is 2.07. The summed E-state index contributed by atoms with van der Waals surface area (Å²) >= 11 is 1.62. The number of guanidine groups is 1. The van der Waals surface area contributed by atoms with E-state index in [1.54, 1.807) is 17.6 Å². The van der Waals surface area contributed by atoms with Gasteiger partial charge in [-0.3, -0.25) is 0 Å². The molecule has 5 nitrogen and oxygen atoms in total. The van der Waals surface area contributed by atoms with Crippen LogP contribution < -0.4 is 10.6 Å². The second-order valence-electron chi connectivity index (χ2n) is 5.43. The molecule has 0 spiro atoms. The summed E-state index contributed by atoms with van der Waals surface area (Å²) in [6.45, 7) is 8.76. The minimum absolute atomic E-state index is 0. The van der Waals surface area contributed by atoms with Crippen molar-refractivity contribution >= 4 is 41.3 Å². The van der Waals surface area contributed by atoms with Gasteiger partial charge in [0.15, 0.2) is 5.96 Å². The van der Waals surface area contributed by atoms with E-state index in [1.807, 2.05) is 17.5 Å². The molecule has 2 aromatic rings. The fraction of sp³-hybridized carbons (Fsp3) is 0.500. The molecule has 0 radical (unpaired) electrons. The second-order valence-corrected chi connectivity index (χ2v) is 6.37. The number of rotatable bonds is 7. The molecular formula is C16H25IN4OS. The van der Waals surface area contributed by atoms with E-state index >= 15 is 0 Å². The number of nitrogens with zero attached hydrogens (tertiary/aromatic N) is 2. The standard InChI is InChI=1S/C16H24N4OS.HI/c1-4-17-16(18-8-7-12(2)3)19-10-13-11-21-15(20-13)14-6-5-9-22-14;/h5-6,9,11-12H,4,7-8,10H2,1-3H3,(H2,17,18,19);1H. The van der Waals surface area contributed by atoms with Gasteiger partial charge in [0.25, 0.3) is 0 Å². The molecule has 0 saturated heterocycles. The second kappa shape index (κ2) is 10.6. The number of halogens is 1. The summed E-state index contributed by atoms with van der Waals surface area (Å²) < 4.78 is 5.50. The third-order valence-electron chi connectivity index (χ3n) is 3.04. The van der Waals surface area contributed by atoms with E-state index in [2.05, 4.69) is 41.4 Å². The lowest BCUT2D eigenvalue weighted by Gasteiger charge is -2.11. The fourth-order valence-corrected chi connectivity index (χ4v) is 2.53. The van der Waals surface area contributed by atoms with Crippen LogP contribution in [0.1, 0.15) is 32.9 Å². The molecule has 2 rings (SSSR count). The molecule has 0 atom stereocenters. The van der Waals surface area contributed by atoms with Crippen molar-refractivity contribution in [3.05, 3.63) is 29.5 Å². The normalized spacial score (nSPS) is 11.4. The molecule has 128 valence electrons. The zero-order chi connectivity index (χ0) is 15.8. The van der Waals surface area contributed by atoms with Crippen molar-refractivity contribution in [2.24, 2.45) is 10.9 Å². The molecule has 0 bridgehead atoms. The SMILES string of the molecule is CCNC(=NCc1coc(-c2cccs2)n1)NCCC(C)C.I. The zero-order valence-corrected chi connectivity index (χ0v) is 17.0. The average Bonchev–Trinajstić information content (AvgIpc) is 3.15. The maximum Gasteiger partial charge on any atom is 0.236 e. The summed E-state index contributed by atoms with van der Waals surface area (Å²) in [5.74, 6) is 2.17. The summed E-state index contributed by atoms with van der Waals surface area (Å²) in [7, 11) is 0. The van der Waals surface area contributed by atoms with E-state index in [-0.39, 0.29) is 24.0 Å². The maximum atomic E-state index is 5.50. The quantitative estimate of drug-likeness (QED) is 0.380. The van der Waals surface area contributed by atoms with Crippen LogP contribution in [0.15, 0.2) is 33.2 Å². The topological polar surface area (TPSA) is 62.5 Å². The number of aliphatic imine (C=N–C) groups is 1. The molecule has 2 N–H and O–H groups in total. The molecule has 23 heavy (non-hydrogen) atoms. The minimum Gasteiger partial charge on any atom is -0.443 e. The van der Waals surface area contributed by atoms with E-state index in [1.165, 1.54) is 0 Å². The summed E-state index contributed by atoms with van der Waals surface area (Å²) in [5.41, 5.74) is 0.837. The van der Waals surface area contributed by atoms with Crippen molar-refractivity contribution in [3.63, 3.8) is 0 Å². The molecule has 0 unspecified atom stereocenters. The Balaban J connectivity index is 0.00000264. The van der Waals surface area contributed by atoms with Crippen LogP contribution in [0.25, 0.3) is 10.8 Å². The van der Waals surface area contributed by atoms with Crippen LogP contribution >= 0.6 is 35.3 Å². The Morgan fingerprint density at radius 2 is 2.22 bits per heavy atom. The van der Waals surface area contributed by atoms with Crippen LogP contribution in [0.3, 0.4) is 0 Å². The first-order chi connectivity index (χ1) is 10.7. The van der Waals surface area contributed by atoms with Crippen molar-refractivity contribution in [1.82, 2.24) is 15.6 Å². The predicted octanol–water partition coefficient (Wildman–Crippen LogP) is 4.12. The Kier molecular flexibility index (Phi) is 9.23. The van der Waals surface area contributed by atoms with E-state index < -0.39 is 0 Å². The lowest BCUT2D eigenvalue weighted by atomic mass is 10.1. The van der Waals surface area contributed by atoms with Crippen molar-refractivity contribution < 1.29 is 4.42 Å². The van der Waals surface area contributed by atoms with Crippen molar-refractivity contribution in [2.75, 3.05) is 13.1 Å². The molecule has 2 heterocycles. The summed E-state index contributed by atoms with van der Waals surface area (Å²) in [6, 6.07) is 3.99. The average molecular weight is 448 g/mol. The van der Waals surface area contributed by atoms with E-state index in [0.717, 1.165) is 36.0 Å². The van der Waals surface area contributed by atoms with E-state index in [4.69, 9.17) is 4.42 Å². The Hall–Kier alpha value is -1.09. The van der Waals surface area contributed by atoms with Crippen LogP contribution in [-0.4, -0.2) is 24.0 Å². The number of thiophene rings is 1. The van der Waals surface area contributed by atoms with Crippen LogP contribution in [0.4, 0.5) is 0 Å². The number of hydrogen-bond donors (Lipinski definition) is 2. The smallest absolute Gasteiger partial charge is 0.236 e. The van der Waals surface area contributed by atoms with Gasteiger partial charge in [0.05, 0.1) is 11.4 Å². The molecule has 0 amide bonds. The first-order valence-corrected chi connectivity index (χ1v) is 8.57. The lowest BCUT2D eigenvalue weighted by Crippen LogP contribution is -2.38. The summed E-state index contributed by atoms with van der Waals surface area (Å²) in [4.78, 5) is 10.1. The third kappa shape index (κ3) is 6.90. The molecule has 0 aliphatic rings. The highest BCUT2D eigenvalue weighted by molar-refractivity contribution is 14.0. The van der Waals surface area contributed by atoms with Gasteiger partial charge >= 0.3 is 0 Å². The van der Waals surface area contributed by atoms with Crippen LogP contribution in [-0.2, 0) is 6.54 Å². The van der Waals surface area contributed by atoms with Gasteiger partial charge in [0, 0.05) is 13.1 Å². The van der Waals surface area contributed by atoms with Gasteiger partial charge in [-0.25, -0.2) is 9.98 Å². The zero-order valence-electron chi connectivity index (χ0n) is 13.8. The number of nitrogens with one attached hydrogen (secondary N) is 2. The minimum atomic E-state index is 0. The third-order valence-corrected chi connectivity index (χ3v) is 3.90. The Bertz CT molecular complexity index is 581. The number of oxazole rings is 1. The lowest BCUT2D eigenvalue weighted by molar-refractivity contribution is 0.572. The highest BCUT2D eigenvalue weighted by Crippen LogP contribution is 2.23. The molecule has 7 heteroatoms. The molecule has 0 aromatic carbocycles. The number of hydrogen-bond acceptors (Lipinski definition) is 4. The van der Waals surface area contributed by atoms with Crippen LogP contribution in [0.5, 0.6) is 0 Å². The molecule has 0 fully saturated rings. The van der Waals surface area contributed by atoms with Gasteiger partial charge in [-0.15, -0.1) is 35.3 Å². The summed E-state index contributed by atoms with van der Waals surface area (Å²) in [6.07, 6.45) is 2.80. The maximum absolute atomic E-state index is 5.50. The number of aromatic nitrogens is 1. The first-order valence-electron chi connectivity index (χ1n) is 7.69. The Morgan fingerprint density at radius 1 is 1.39 bits per heavy atom. The van der Waals surface area contributed by atoms with Gasteiger partial charge in [0.2, 0.25) is 5.89 Å². The Morgan fingerprint density at radius 3 is 2.87 bits per heavy atom. The molecule has 0 aliphatic heterocycles. The first kappa shape index (κ1) is 20.0. The van der Waals surface area contributed by atoms with Crippen LogP contribution in [0.2, 0.25) is 0 Å². The largest absolute Gasteiger partial charge is 0.443 e. The predicted molar refractivity (Wildman–Crippen MR) is 108 cm³/mol. The van der Waals surface area contributed by atoms with Gasteiger partial charge in [-0.05, 0) is 30.7 Å². The van der Waals surface area contributed by atoms with Crippen molar-refractivity contribution in [2.45, 2.75) is 33.7 Å². The van der Waals surface area contributed by atoms with Gasteiger partial charge in [0.1, 0.15) is 12.0 Å². The monoisotopic (exact) mass is 448 g/mol. The molecule has 0 aliphatic carbocycles. The molecule has 2 aromatic heterocycles. The fourth-order valence-electron chi connectivity index (χ4n) is 1.87. The van der Waals surface area contributed by atoms with Gasteiger partial charge < -0.3 is 15.1 Å². The van der Waals surface area contributed by atoms with Gasteiger partial charge in [-0.1, -0.05) is 19.9 Å². The van der Waals surface area contributed by atoms with Crippen LogP contribution in [0, 0.1) is 5.92 Å². The Labute approximate surface area is 159 Å². The highest BCUT2D eigenvalue weighted by atomic mass is 127. The van der Waals surface area contributed by atoms with Crippen molar-refractivity contribution in [1.29, 1.82) is 0 Å². The van der Waals surface area contributed by atoms with Gasteiger partial charge in [-0.2, -0.15) is 0 Å². The molecular weight excluding hydrogens is 423 g/mol.